The summed E-state index contributed by atoms with van der Waals surface area (Å²) in [6.07, 6.45) is 8.96. The van der Waals surface area contributed by atoms with Gasteiger partial charge in [-0.1, -0.05) is 171 Å². The maximum absolute atomic E-state index is 6.46. The van der Waals surface area contributed by atoms with E-state index in [2.05, 4.69) is 430 Å². The SMILES string of the molecule is Cc1cc(-c2ccccc2C)[n+](C)cc1-c1ccc2c(c1)C(C)(C)C(C)(C)O2.Cc1cc(-c2ccccc2C)[n+](C)cc1-c1cccc2c1C(C)(C)C(C)(C)O2.Cc1ccccc1-c1ccc(-c2ccc3c(c2)C(C)(C)C(C)(C)O3)c[n+]1C.Cc1ccccc1-c1ccc(-c2cccc3c2OC(C)(C)C3(C)C)c[n+]1C. The number of hydrogen-bond donors (Lipinski definition) is 0. The molecule has 0 amide bonds. The Balaban J connectivity index is 0.000000129. The summed E-state index contributed by atoms with van der Waals surface area (Å²) in [6.45, 7) is 48.7. The number of benzene rings is 8. The molecule has 12 aromatic rings. The molecule has 0 spiro atoms. The van der Waals surface area contributed by atoms with Crippen LogP contribution < -0.4 is 37.2 Å². The minimum Gasteiger partial charge on any atom is -0.487 e. The Morgan fingerprint density at radius 2 is 0.573 bits per heavy atom. The van der Waals surface area contributed by atoms with Crippen LogP contribution in [0.4, 0.5) is 0 Å². The molecule has 0 radical (unpaired) electrons. The molecule has 0 aliphatic carbocycles. The third-order valence-electron chi connectivity index (χ3n) is 26.3. The van der Waals surface area contributed by atoms with Crippen molar-refractivity contribution in [1.29, 1.82) is 0 Å². The monoisotopic (exact) mass is 1460 g/mol. The molecule has 110 heavy (non-hydrogen) atoms. The standard InChI is InChI=1S/2C26H30NO.2C25H28NO/c1-17-11-8-9-12-19(17)22-15-18(2)21(16-27(22)7)20-13-10-14-23-24(20)25(3,4)26(5,6)28-23;1-17-10-8-9-11-20(17)23-14-18(2)21(16-27(23)7)19-12-13-24-22(15-19)25(3,4)26(5,6)28-24;1-17-10-7-8-11-19(17)22-15-14-18(16-26(22)6)20-12-9-13-21-23(20)27-25(4,5)24(21,2)3;1-17-9-7-8-10-20(17)22-13-11-19(16-26(22)6)18-12-14-23-21(15-18)24(2,3)25(4,5)27-23/h2*8-16H,1-7H3;2*7-16H,1-6H3/q4*+1. The van der Waals surface area contributed by atoms with Gasteiger partial charge in [0.2, 0.25) is 22.8 Å². The minimum absolute atomic E-state index is 0.0262. The van der Waals surface area contributed by atoms with E-state index < -0.39 is 0 Å². The Hall–Kier alpha value is -10.4. The molecule has 0 unspecified atom stereocenters. The summed E-state index contributed by atoms with van der Waals surface area (Å²) in [5.74, 6) is 4.06. The third-order valence-corrected chi connectivity index (χ3v) is 26.3. The largest absolute Gasteiger partial charge is 0.487 e. The number of para-hydroxylation sites is 1. The molecule has 0 atom stereocenters. The van der Waals surface area contributed by atoms with Crippen LogP contribution in [0, 0.1) is 41.5 Å². The third kappa shape index (κ3) is 13.7. The molecule has 0 bridgehead atoms. The topological polar surface area (TPSA) is 52.4 Å². The first-order valence-electron chi connectivity index (χ1n) is 39.3. The van der Waals surface area contributed by atoms with Crippen LogP contribution in [-0.4, -0.2) is 22.4 Å². The van der Waals surface area contributed by atoms with Gasteiger partial charge in [0.25, 0.3) is 0 Å². The predicted molar refractivity (Wildman–Crippen MR) is 453 cm³/mol. The van der Waals surface area contributed by atoms with E-state index in [9.17, 15) is 0 Å². The van der Waals surface area contributed by atoms with Gasteiger partial charge in [-0.05, 0) is 214 Å². The fourth-order valence-corrected chi connectivity index (χ4v) is 16.4. The van der Waals surface area contributed by atoms with E-state index >= 15 is 0 Å². The van der Waals surface area contributed by atoms with E-state index in [0.29, 0.717) is 0 Å². The van der Waals surface area contributed by atoms with Crippen LogP contribution in [0.15, 0.2) is 231 Å². The maximum Gasteiger partial charge on any atom is 0.212 e. The molecule has 4 aromatic heterocycles. The number of hydrogen-bond acceptors (Lipinski definition) is 4. The van der Waals surface area contributed by atoms with Crippen LogP contribution in [0.5, 0.6) is 23.0 Å². The van der Waals surface area contributed by atoms with Crippen molar-refractivity contribution in [2.24, 2.45) is 28.2 Å². The second kappa shape index (κ2) is 28.5. The lowest BCUT2D eigenvalue weighted by Crippen LogP contribution is -2.42. The Morgan fingerprint density at radius 3 is 1.05 bits per heavy atom. The minimum atomic E-state index is -0.234. The quantitative estimate of drug-likeness (QED) is 0.142. The van der Waals surface area contributed by atoms with Crippen LogP contribution in [0.2, 0.25) is 0 Å². The summed E-state index contributed by atoms with van der Waals surface area (Å²) in [6, 6.07) is 73.8. The highest BCUT2D eigenvalue weighted by Gasteiger charge is 2.52. The Morgan fingerprint density at radius 1 is 0.227 bits per heavy atom. The van der Waals surface area contributed by atoms with Gasteiger partial charge in [0.1, 0.15) is 73.6 Å². The van der Waals surface area contributed by atoms with Crippen LogP contribution in [-0.2, 0) is 49.9 Å². The van der Waals surface area contributed by atoms with E-state index in [4.69, 9.17) is 18.9 Å². The number of pyridine rings is 4. The number of aryl methyl sites for hydroxylation is 10. The van der Waals surface area contributed by atoms with Crippen molar-refractivity contribution >= 4 is 0 Å². The average Bonchev–Trinajstić information content (AvgIpc) is 1.50. The smallest absolute Gasteiger partial charge is 0.212 e. The first kappa shape index (κ1) is 77.7. The Kier molecular flexibility index (Phi) is 20.1. The van der Waals surface area contributed by atoms with Crippen LogP contribution in [0.1, 0.15) is 166 Å². The van der Waals surface area contributed by atoms with E-state index in [1.165, 1.54) is 140 Å². The molecule has 16 rings (SSSR count). The zero-order valence-corrected chi connectivity index (χ0v) is 70.4. The highest BCUT2D eigenvalue weighted by Crippen LogP contribution is 2.56. The van der Waals surface area contributed by atoms with Crippen molar-refractivity contribution in [1.82, 2.24) is 0 Å². The summed E-state index contributed by atoms with van der Waals surface area (Å²) in [4.78, 5) is 0. The summed E-state index contributed by atoms with van der Waals surface area (Å²) >= 11 is 0. The number of ether oxygens (including phenoxy) is 4. The maximum atomic E-state index is 6.46. The van der Waals surface area contributed by atoms with Gasteiger partial charge in [0.05, 0.1) is 0 Å². The second-order valence-corrected chi connectivity index (χ2v) is 35.6. The number of rotatable bonds is 8. The molecular formula is C102H116N4O4+4. The van der Waals surface area contributed by atoms with E-state index in [1.807, 2.05) is 0 Å². The normalized spacial score (nSPS) is 16.6. The lowest BCUT2D eigenvalue weighted by atomic mass is 9.71. The predicted octanol–water partition coefficient (Wildman–Crippen LogP) is 23.0. The molecule has 8 aromatic carbocycles. The van der Waals surface area contributed by atoms with Gasteiger partial charge in [-0.15, -0.1) is 0 Å². The molecule has 8 heterocycles. The fraction of sp³-hybridized carbons (Fsp3) is 0.333. The van der Waals surface area contributed by atoms with Crippen molar-refractivity contribution in [3.05, 3.63) is 287 Å². The fourth-order valence-electron chi connectivity index (χ4n) is 16.4. The first-order chi connectivity index (χ1) is 51.7. The lowest BCUT2D eigenvalue weighted by molar-refractivity contribution is -0.660. The summed E-state index contributed by atoms with van der Waals surface area (Å²) < 4.78 is 34.2. The van der Waals surface area contributed by atoms with Crippen molar-refractivity contribution in [3.8, 4) is 113 Å². The Labute approximate surface area is 657 Å². The molecular weight excluding hydrogens is 1350 g/mol. The summed E-state index contributed by atoms with van der Waals surface area (Å²) in [5, 5.41) is 0. The molecule has 0 fully saturated rings. The van der Waals surface area contributed by atoms with Gasteiger partial charge >= 0.3 is 0 Å². The molecule has 8 heteroatoms. The van der Waals surface area contributed by atoms with Crippen LogP contribution in [0.3, 0.4) is 0 Å². The van der Waals surface area contributed by atoms with Crippen molar-refractivity contribution in [3.63, 3.8) is 0 Å². The second-order valence-electron chi connectivity index (χ2n) is 35.6. The highest BCUT2D eigenvalue weighted by molar-refractivity contribution is 5.79. The van der Waals surface area contributed by atoms with Gasteiger partial charge in [-0.2, -0.15) is 0 Å². The number of aromatic nitrogens is 4. The van der Waals surface area contributed by atoms with E-state index in [-0.39, 0.29) is 44.1 Å². The summed E-state index contributed by atoms with van der Waals surface area (Å²) in [7, 11) is 8.51. The first-order valence-corrected chi connectivity index (χ1v) is 39.3. The van der Waals surface area contributed by atoms with Crippen molar-refractivity contribution in [2.75, 3.05) is 0 Å². The van der Waals surface area contributed by atoms with Crippen molar-refractivity contribution < 1.29 is 37.2 Å². The zero-order chi connectivity index (χ0) is 79.3. The molecule has 0 saturated carbocycles. The highest BCUT2D eigenvalue weighted by atomic mass is 16.5. The molecule has 564 valence electrons. The van der Waals surface area contributed by atoms with Gasteiger partial charge in [0, 0.05) is 118 Å². The van der Waals surface area contributed by atoms with E-state index in [1.54, 1.807) is 0 Å². The molecule has 4 aliphatic rings. The molecule has 4 aliphatic heterocycles. The summed E-state index contributed by atoms with van der Waals surface area (Å²) in [5.41, 5.74) is 31.8. The Bertz CT molecular complexity index is 5580. The van der Waals surface area contributed by atoms with Crippen LogP contribution in [0.25, 0.3) is 89.5 Å². The number of fused-ring (bicyclic) bond motifs is 4. The van der Waals surface area contributed by atoms with Crippen LogP contribution >= 0.6 is 0 Å². The van der Waals surface area contributed by atoms with Crippen molar-refractivity contribution in [2.45, 2.75) is 196 Å². The molecule has 0 N–H and O–H groups in total. The van der Waals surface area contributed by atoms with E-state index in [0.717, 1.165) is 28.6 Å². The lowest BCUT2D eigenvalue weighted by Gasteiger charge is -2.34. The zero-order valence-electron chi connectivity index (χ0n) is 70.4. The average molecular weight is 1460 g/mol. The van der Waals surface area contributed by atoms with Gasteiger partial charge in [-0.3, -0.25) is 0 Å². The van der Waals surface area contributed by atoms with Gasteiger partial charge in [0.15, 0.2) is 24.8 Å². The molecule has 0 saturated heterocycles. The van der Waals surface area contributed by atoms with Gasteiger partial charge in [-0.25, -0.2) is 18.3 Å². The number of nitrogens with zero attached hydrogens (tertiary/aromatic N) is 4. The molecule has 8 nitrogen and oxygen atoms in total. The van der Waals surface area contributed by atoms with Gasteiger partial charge < -0.3 is 18.9 Å².